The van der Waals surface area contributed by atoms with Crippen LogP contribution in [0, 0.1) is 5.82 Å². The van der Waals surface area contributed by atoms with Crippen molar-refractivity contribution < 1.29 is 4.39 Å². The Morgan fingerprint density at radius 1 is 1.00 bits per heavy atom. The first-order chi connectivity index (χ1) is 13.7. The molecule has 0 spiro atoms. The molecule has 0 saturated heterocycles. The zero-order valence-electron chi connectivity index (χ0n) is 15.5. The topological polar surface area (TPSA) is 42.7 Å². The van der Waals surface area contributed by atoms with Crippen LogP contribution in [0.5, 0.6) is 0 Å². The third-order valence-corrected chi connectivity index (χ3v) is 5.23. The highest BCUT2D eigenvalue weighted by atomic mass is 79.9. The standard InChI is InChI=1S/C22H20BrFN4/c1-2-13-28-21(17-5-3-4-6-18(17)23)26-19-11-12-20(27-22(19)28)25-14-15-7-9-16(24)10-8-15/h3-12H,2,13-14H2,1H3,(H,25,27). The van der Waals surface area contributed by atoms with Crippen LogP contribution in [0.25, 0.3) is 22.6 Å². The van der Waals surface area contributed by atoms with E-state index in [1.165, 1.54) is 12.1 Å². The third kappa shape index (κ3) is 3.78. The number of rotatable bonds is 6. The predicted molar refractivity (Wildman–Crippen MR) is 115 cm³/mol. The highest BCUT2D eigenvalue weighted by Gasteiger charge is 2.15. The van der Waals surface area contributed by atoms with Gasteiger partial charge in [0, 0.05) is 23.1 Å². The van der Waals surface area contributed by atoms with Gasteiger partial charge in [-0.15, -0.1) is 0 Å². The summed E-state index contributed by atoms with van der Waals surface area (Å²) in [6.45, 7) is 3.56. The monoisotopic (exact) mass is 438 g/mol. The second-order valence-corrected chi connectivity index (χ2v) is 7.44. The van der Waals surface area contributed by atoms with Gasteiger partial charge in [-0.25, -0.2) is 14.4 Å². The lowest BCUT2D eigenvalue weighted by atomic mass is 10.2. The number of nitrogens with zero attached hydrogens (tertiary/aromatic N) is 3. The third-order valence-electron chi connectivity index (χ3n) is 4.54. The molecule has 0 saturated carbocycles. The Bertz CT molecular complexity index is 1110. The summed E-state index contributed by atoms with van der Waals surface area (Å²) in [6.07, 6.45) is 0.984. The van der Waals surface area contributed by atoms with Gasteiger partial charge in [0.15, 0.2) is 5.65 Å². The molecule has 0 radical (unpaired) electrons. The molecule has 0 aliphatic heterocycles. The van der Waals surface area contributed by atoms with Gasteiger partial charge in [0.2, 0.25) is 0 Å². The summed E-state index contributed by atoms with van der Waals surface area (Å²) < 4.78 is 16.2. The lowest BCUT2D eigenvalue weighted by molar-refractivity contribution is 0.627. The van der Waals surface area contributed by atoms with Crippen LogP contribution in [-0.2, 0) is 13.1 Å². The van der Waals surface area contributed by atoms with Gasteiger partial charge >= 0.3 is 0 Å². The summed E-state index contributed by atoms with van der Waals surface area (Å²) in [4.78, 5) is 9.63. The van der Waals surface area contributed by atoms with E-state index >= 15 is 0 Å². The molecule has 0 aliphatic carbocycles. The van der Waals surface area contributed by atoms with Crippen molar-refractivity contribution in [1.82, 2.24) is 14.5 Å². The molecule has 4 aromatic rings. The SMILES string of the molecule is CCCn1c(-c2ccccc2Br)nc2ccc(NCc3ccc(F)cc3)nc21. The van der Waals surface area contributed by atoms with Gasteiger partial charge in [-0.3, -0.25) is 0 Å². The second kappa shape index (κ2) is 8.10. The summed E-state index contributed by atoms with van der Waals surface area (Å²) in [5, 5.41) is 3.32. The van der Waals surface area contributed by atoms with Crippen LogP contribution in [-0.4, -0.2) is 14.5 Å². The Kier molecular flexibility index (Phi) is 5.39. The summed E-state index contributed by atoms with van der Waals surface area (Å²) in [7, 11) is 0. The molecule has 0 atom stereocenters. The Hall–Kier alpha value is -2.73. The first-order valence-corrected chi connectivity index (χ1v) is 10.1. The van der Waals surface area contributed by atoms with Crippen molar-refractivity contribution >= 4 is 32.9 Å². The number of halogens is 2. The minimum absolute atomic E-state index is 0.230. The molecular formula is C22H20BrFN4. The van der Waals surface area contributed by atoms with E-state index < -0.39 is 0 Å². The van der Waals surface area contributed by atoms with E-state index in [2.05, 4.69) is 38.8 Å². The van der Waals surface area contributed by atoms with E-state index in [0.29, 0.717) is 6.54 Å². The van der Waals surface area contributed by atoms with E-state index in [1.807, 2.05) is 30.3 Å². The molecule has 0 unspecified atom stereocenters. The highest BCUT2D eigenvalue weighted by Crippen LogP contribution is 2.30. The Morgan fingerprint density at radius 3 is 2.54 bits per heavy atom. The van der Waals surface area contributed by atoms with Gasteiger partial charge in [0.25, 0.3) is 0 Å². The fourth-order valence-corrected chi connectivity index (χ4v) is 3.64. The van der Waals surface area contributed by atoms with E-state index in [0.717, 1.165) is 51.4 Å². The van der Waals surface area contributed by atoms with Crippen LogP contribution in [0.2, 0.25) is 0 Å². The molecule has 0 fully saturated rings. The van der Waals surface area contributed by atoms with Crippen molar-refractivity contribution in [2.75, 3.05) is 5.32 Å². The quantitative estimate of drug-likeness (QED) is 0.400. The largest absolute Gasteiger partial charge is 0.366 e. The molecular weight excluding hydrogens is 419 g/mol. The number of imidazole rings is 1. The number of hydrogen-bond acceptors (Lipinski definition) is 3. The predicted octanol–water partition coefficient (Wildman–Crippen LogP) is 6.02. The maximum Gasteiger partial charge on any atom is 0.162 e. The molecule has 0 amide bonds. The Labute approximate surface area is 171 Å². The minimum atomic E-state index is -0.230. The summed E-state index contributed by atoms with van der Waals surface area (Å²) >= 11 is 3.63. The molecule has 0 aliphatic rings. The van der Waals surface area contributed by atoms with E-state index in [1.54, 1.807) is 12.1 Å². The van der Waals surface area contributed by atoms with E-state index in [-0.39, 0.29) is 5.82 Å². The fourth-order valence-electron chi connectivity index (χ4n) is 3.18. The van der Waals surface area contributed by atoms with Crippen LogP contribution in [0.15, 0.2) is 65.1 Å². The van der Waals surface area contributed by atoms with Crippen molar-refractivity contribution in [2.24, 2.45) is 0 Å². The number of hydrogen-bond donors (Lipinski definition) is 1. The van der Waals surface area contributed by atoms with Crippen LogP contribution < -0.4 is 5.32 Å². The van der Waals surface area contributed by atoms with Gasteiger partial charge in [0.05, 0.1) is 0 Å². The number of nitrogens with one attached hydrogen (secondary N) is 1. The Morgan fingerprint density at radius 2 is 1.79 bits per heavy atom. The zero-order valence-corrected chi connectivity index (χ0v) is 17.1. The first-order valence-electron chi connectivity index (χ1n) is 9.26. The van der Waals surface area contributed by atoms with Gasteiger partial charge in [-0.1, -0.05) is 53.2 Å². The van der Waals surface area contributed by atoms with Gasteiger partial charge < -0.3 is 9.88 Å². The number of pyridine rings is 1. The van der Waals surface area contributed by atoms with Crippen molar-refractivity contribution in [3.05, 3.63) is 76.5 Å². The normalized spacial score (nSPS) is 11.1. The molecule has 2 heterocycles. The van der Waals surface area contributed by atoms with Crippen LogP contribution in [0.3, 0.4) is 0 Å². The van der Waals surface area contributed by atoms with Crippen LogP contribution in [0.4, 0.5) is 10.2 Å². The molecule has 4 rings (SSSR count). The first kappa shape index (κ1) is 18.6. The minimum Gasteiger partial charge on any atom is -0.366 e. The molecule has 1 N–H and O–H groups in total. The molecule has 6 heteroatoms. The average molecular weight is 439 g/mol. The maximum absolute atomic E-state index is 13.1. The molecule has 2 aromatic carbocycles. The van der Waals surface area contributed by atoms with Crippen LogP contribution >= 0.6 is 15.9 Å². The molecule has 28 heavy (non-hydrogen) atoms. The summed E-state index contributed by atoms with van der Waals surface area (Å²) in [6, 6.07) is 18.5. The molecule has 4 nitrogen and oxygen atoms in total. The summed E-state index contributed by atoms with van der Waals surface area (Å²) in [5.74, 6) is 1.45. The summed E-state index contributed by atoms with van der Waals surface area (Å²) in [5.41, 5.74) is 3.78. The van der Waals surface area contributed by atoms with Gasteiger partial charge in [0.1, 0.15) is 23.0 Å². The van der Waals surface area contributed by atoms with E-state index in [9.17, 15) is 4.39 Å². The van der Waals surface area contributed by atoms with E-state index in [4.69, 9.17) is 9.97 Å². The highest BCUT2D eigenvalue weighted by molar-refractivity contribution is 9.10. The number of anilines is 1. The number of aromatic nitrogens is 3. The lowest BCUT2D eigenvalue weighted by Gasteiger charge is -2.10. The smallest absolute Gasteiger partial charge is 0.162 e. The average Bonchev–Trinajstić information content (AvgIpc) is 3.06. The van der Waals surface area contributed by atoms with Crippen LogP contribution in [0.1, 0.15) is 18.9 Å². The second-order valence-electron chi connectivity index (χ2n) is 6.59. The van der Waals surface area contributed by atoms with Gasteiger partial charge in [-0.05, 0) is 42.3 Å². The number of aryl methyl sites for hydroxylation is 1. The fraction of sp³-hybridized carbons (Fsp3) is 0.182. The molecule has 0 bridgehead atoms. The molecule has 142 valence electrons. The molecule has 2 aromatic heterocycles. The van der Waals surface area contributed by atoms with Gasteiger partial charge in [-0.2, -0.15) is 0 Å². The van der Waals surface area contributed by atoms with Crippen molar-refractivity contribution in [2.45, 2.75) is 26.4 Å². The number of fused-ring (bicyclic) bond motifs is 1. The lowest BCUT2D eigenvalue weighted by Crippen LogP contribution is -2.04. The zero-order chi connectivity index (χ0) is 19.5. The number of benzene rings is 2. The maximum atomic E-state index is 13.1. The van der Waals surface area contributed by atoms with Crippen molar-refractivity contribution in [3.8, 4) is 11.4 Å². The van der Waals surface area contributed by atoms with Crippen molar-refractivity contribution in [1.29, 1.82) is 0 Å². The van der Waals surface area contributed by atoms with Crippen molar-refractivity contribution in [3.63, 3.8) is 0 Å². The Balaban J connectivity index is 1.69.